The fourth-order valence-corrected chi connectivity index (χ4v) is 2.45. The van der Waals surface area contributed by atoms with Gasteiger partial charge in [0, 0.05) is 18.7 Å². The van der Waals surface area contributed by atoms with Gasteiger partial charge in [-0.2, -0.15) is 0 Å². The van der Waals surface area contributed by atoms with Crippen LogP contribution >= 0.6 is 0 Å². The third kappa shape index (κ3) is 2.79. The zero-order chi connectivity index (χ0) is 14.9. The Morgan fingerprint density at radius 3 is 2.65 bits per heavy atom. The van der Waals surface area contributed by atoms with Gasteiger partial charge in [0.1, 0.15) is 0 Å². The van der Waals surface area contributed by atoms with Gasteiger partial charge in [0.25, 0.3) is 0 Å². The van der Waals surface area contributed by atoms with Gasteiger partial charge in [-0.25, -0.2) is 8.78 Å². The monoisotopic (exact) mass is 283 g/mol. The van der Waals surface area contributed by atoms with Crippen LogP contribution in [0.2, 0.25) is 0 Å². The molecule has 0 radical (unpaired) electrons. The van der Waals surface area contributed by atoms with Crippen LogP contribution in [0.5, 0.6) is 0 Å². The molecule has 1 aliphatic heterocycles. The molecule has 1 aliphatic rings. The molecule has 1 aromatic rings. The molecule has 1 saturated heterocycles. The minimum Gasteiger partial charge on any atom is -0.481 e. The van der Waals surface area contributed by atoms with Gasteiger partial charge in [0.05, 0.1) is 12.3 Å². The second kappa shape index (κ2) is 5.56. The normalized spacial score (nSPS) is 22.1. The van der Waals surface area contributed by atoms with Gasteiger partial charge in [-0.3, -0.25) is 9.59 Å². The molecule has 0 saturated carbocycles. The Kier molecular flexibility index (Phi) is 4.01. The lowest BCUT2D eigenvalue weighted by Crippen LogP contribution is -2.31. The molecule has 2 rings (SSSR count). The number of hydrogen-bond donors (Lipinski definition) is 1. The van der Waals surface area contributed by atoms with Gasteiger partial charge >= 0.3 is 5.97 Å². The molecule has 0 unspecified atom stereocenters. The van der Waals surface area contributed by atoms with E-state index in [1.165, 1.54) is 17.0 Å². The van der Waals surface area contributed by atoms with E-state index in [0.717, 1.165) is 6.07 Å². The highest BCUT2D eigenvalue weighted by molar-refractivity contribution is 5.81. The van der Waals surface area contributed by atoms with E-state index in [2.05, 4.69) is 0 Å². The van der Waals surface area contributed by atoms with E-state index >= 15 is 0 Å². The lowest BCUT2D eigenvalue weighted by Gasteiger charge is -2.16. The molecule has 4 nitrogen and oxygen atoms in total. The van der Waals surface area contributed by atoms with E-state index in [4.69, 9.17) is 5.11 Å². The Labute approximate surface area is 115 Å². The Balaban J connectivity index is 2.06. The summed E-state index contributed by atoms with van der Waals surface area (Å²) in [5, 5.41) is 9.01. The van der Waals surface area contributed by atoms with Crippen molar-refractivity contribution < 1.29 is 23.5 Å². The number of rotatable bonds is 3. The van der Waals surface area contributed by atoms with Crippen LogP contribution in [0.25, 0.3) is 0 Å². The molecule has 6 heteroatoms. The Bertz CT molecular complexity index is 547. The Morgan fingerprint density at radius 2 is 2.05 bits per heavy atom. The SMILES string of the molecule is C[C@@H]1CN(C(=O)Cc2cccc(F)c2F)C[C@H]1C(=O)O. The highest BCUT2D eigenvalue weighted by Gasteiger charge is 2.36. The Hall–Kier alpha value is -1.98. The average Bonchev–Trinajstić information content (AvgIpc) is 2.77. The average molecular weight is 283 g/mol. The number of aliphatic carboxylic acids is 1. The van der Waals surface area contributed by atoms with Crippen molar-refractivity contribution in [2.45, 2.75) is 13.3 Å². The highest BCUT2D eigenvalue weighted by Crippen LogP contribution is 2.24. The van der Waals surface area contributed by atoms with Crippen molar-refractivity contribution >= 4 is 11.9 Å². The predicted molar refractivity (Wildman–Crippen MR) is 66.9 cm³/mol. The van der Waals surface area contributed by atoms with Crippen LogP contribution < -0.4 is 0 Å². The highest BCUT2D eigenvalue weighted by atomic mass is 19.2. The van der Waals surface area contributed by atoms with Crippen molar-refractivity contribution in [2.75, 3.05) is 13.1 Å². The molecular weight excluding hydrogens is 268 g/mol. The van der Waals surface area contributed by atoms with Crippen LogP contribution in [0.4, 0.5) is 8.78 Å². The number of hydrogen-bond acceptors (Lipinski definition) is 2. The van der Waals surface area contributed by atoms with Crippen LogP contribution in [0.1, 0.15) is 12.5 Å². The van der Waals surface area contributed by atoms with Gasteiger partial charge in [0.2, 0.25) is 5.91 Å². The maximum Gasteiger partial charge on any atom is 0.308 e. The second-order valence-corrected chi connectivity index (χ2v) is 5.11. The van der Waals surface area contributed by atoms with Crippen LogP contribution in [0, 0.1) is 23.5 Å². The summed E-state index contributed by atoms with van der Waals surface area (Å²) in [7, 11) is 0. The van der Waals surface area contributed by atoms with Crippen LogP contribution in [-0.2, 0) is 16.0 Å². The zero-order valence-electron chi connectivity index (χ0n) is 11.0. The number of carboxylic acids is 1. The molecule has 1 aromatic carbocycles. The first kappa shape index (κ1) is 14.4. The van der Waals surface area contributed by atoms with Gasteiger partial charge in [-0.05, 0) is 12.0 Å². The summed E-state index contributed by atoms with van der Waals surface area (Å²) in [6.45, 7) is 2.20. The summed E-state index contributed by atoms with van der Waals surface area (Å²) >= 11 is 0. The number of nitrogens with zero attached hydrogens (tertiary/aromatic N) is 1. The number of benzene rings is 1. The van der Waals surface area contributed by atoms with Crippen molar-refractivity contribution in [3.05, 3.63) is 35.4 Å². The first-order chi connectivity index (χ1) is 9.40. The van der Waals surface area contributed by atoms with Crippen molar-refractivity contribution in [3.63, 3.8) is 0 Å². The molecule has 0 bridgehead atoms. The van der Waals surface area contributed by atoms with Crippen molar-refractivity contribution in [1.29, 1.82) is 0 Å². The summed E-state index contributed by atoms with van der Waals surface area (Å²) < 4.78 is 26.5. The molecule has 2 atom stereocenters. The molecule has 108 valence electrons. The van der Waals surface area contributed by atoms with Crippen LogP contribution in [0.3, 0.4) is 0 Å². The smallest absolute Gasteiger partial charge is 0.308 e. The largest absolute Gasteiger partial charge is 0.481 e. The molecule has 1 fully saturated rings. The minimum atomic E-state index is -1.03. The number of carbonyl (C=O) groups excluding carboxylic acids is 1. The summed E-state index contributed by atoms with van der Waals surface area (Å²) in [6, 6.07) is 3.68. The third-order valence-corrected chi connectivity index (χ3v) is 3.66. The van der Waals surface area contributed by atoms with E-state index in [-0.39, 0.29) is 30.4 Å². The molecule has 20 heavy (non-hydrogen) atoms. The standard InChI is InChI=1S/C14H15F2NO3/c1-8-6-17(7-10(8)14(19)20)12(18)5-9-3-2-4-11(15)13(9)16/h2-4,8,10H,5-7H2,1H3,(H,19,20)/t8-,10-/m1/s1. The van der Waals surface area contributed by atoms with Crippen molar-refractivity contribution in [2.24, 2.45) is 11.8 Å². The summed E-state index contributed by atoms with van der Waals surface area (Å²) in [6.07, 6.45) is -0.261. The van der Waals surface area contributed by atoms with E-state index in [0.29, 0.717) is 6.54 Å². The number of halogens is 2. The lowest BCUT2D eigenvalue weighted by molar-refractivity contribution is -0.142. The number of amides is 1. The predicted octanol–water partition coefficient (Wildman–Crippen LogP) is 1.69. The summed E-state index contributed by atoms with van der Waals surface area (Å²) in [5.74, 6) is -4.09. The molecule has 0 aromatic heterocycles. The quantitative estimate of drug-likeness (QED) is 0.918. The van der Waals surface area contributed by atoms with Gasteiger partial charge in [0.15, 0.2) is 11.6 Å². The number of carbonyl (C=O) groups is 2. The maximum absolute atomic E-state index is 13.5. The first-order valence-electron chi connectivity index (χ1n) is 6.33. The fourth-order valence-electron chi connectivity index (χ4n) is 2.45. The molecular formula is C14H15F2NO3. The maximum atomic E-state index is 13.5. The summed E-state index contributed by atoms with van der Waals surface area (Å²) in [4.78, 5) is 24.4. The number of likely N-dealkylation sites (tertiary alicyclic amines) is 1. The van der Waals surface area contributed by atoms with Gasteiger partial charge in [-0.15, -0.1) is 0 Å². The Morgan fingerprint density at radius 1 is 1.35 bits per heavy atom. The third-order valence-electron chi connectivity index (χ3n) is 3.66. The zero-order valence-corrected chi connectivity index (χ0v) is 11.0. The van der Waals surface area contributed by atoms with Crippen molar-refractivity contribution in [1.82, 2.24) is 4.90 Å². The second-order valence-electron chi connectivity index (χ2n) is 5.11. The molecule has 1 heterocycles. The molecule has 0 aliphatic carbocycles. The van der Waals surface area contributed by atoms with Crippen LogP contribution in [0.15, 0.2) is 18.2 Å². The van der Waals surface area contributed by atoms with E-state index in [9.17, 15) is 18.4 Å². The molecule has 1 amide bonds. The minimum absolute atomic E-state index is 0.0126. The first-order valence-corrected chi connectivity index (χ1v) is 6.33. The fraction of sp³-hybridized carbons (Fsp3) is 0.429. The van der Waals surface area contributed by atoms with Gasteiger partial charge in [-0.1, -0.05) is 19.1 Å². The van der Waals surface area contributed by atoms with E-state index < -0.39 is 23.5 Å². The van der Waals surface area contributed by atoms with E-state index in [1.807, 2.05) is 0 Å². The summed E-state index contributed by atoms with van der Waals surface area (Å²) in [5.41, 5.74) is -0.0126. The number of carboxylic acid groups (broad SMARTS) is 1. The van der Waals surface area contributed by atoms with Crippen molar-refractivity contribution in [3.8, 4) is 0 Å². The lowest BCUT2D eigenvalue weighted by atomic mass is 9.99. The van der Waals surface area contributed by atoms with Gasteiger partial charge < -0.3 is 10.0 Å². The molecule has 1 N–H and O–H groups in total. The van der Waals surface area contributed by atoms with Crippen LogP contribution in [-0.4, -0.2) is 35.0 Å². The topological polar surface area (TPSA) is 57.6 Å². The molecule has 0 spiro atoms. The van der Waals surface area contributed by atoms with E-state index in [1.54, 1.807) is 6.92 Å².